The zero-order valence-corrected chi connectivity index (χ0v) is 11.9. The fraction of sp³-hybridized carbons (Fsp3) is 0.333. The Bertz CT molecular complexity index is 692. The van der Waals surface area contributed by atoms with Crippen molar-refractivity contribution in [2.75, 3.05) is 0 Å². The van der Waals surface area contributed by atoms with Crippen LogP contribution in [0.25, 0.3) is 5.69 Å². The summed E-state index contributed by atoms with van der Waals surface area (Å²) in [5.74, 6) is -1.31. The summed E-state index contributed by atoms with van der Waals surface area (Å²) in [7, 11) is 0. The number of carboxylic acids is 1. The molecule has 2 N–H and O–H groups in total. The molecule has 1 saturated carbocycles. The van der Waals surface area contributed by atoms with E-state index in [0.29, 0.717) is 12.8 Å². The Morgan fingerprint density at radius 1 is 1.27 bits per heavy atom. The molecule has 0 saturated heterocycles. The van der Waals surface area contributed by atoms with Crippen molar-refractivity contribution in [3.05, 3.63) is 42.5 Å². The van der Waals surface area contributed by atoms with E-state index in [4.69, 9.17) is 5.11 Å². The Labute approximate surface area is 127 Å². The maximum atomic E-state index is 12.2. The molecular formula is C15H16N4O3. The van der Waals surface area contributed by atoms with Gasteiger partial charge in [-0.25, -0.2) is 9.67 Å². The molecule has 1 aromatic carbocycles. The van der Waals surface area contributed by atoms with Crippen LogP contribution in [0.4, 0.5) is 0 Å². The second kappa shape index (κ2) is 5.59. The van der Waals surface area contributed by atoms with Crippen molar-refractivity contribution in [2.24, 2.45) is 0 Å². The Balaban J connectivity index is 1.73. The molecule has 1 heterocycles. The van der Waals surface area contributed by atoms with Gasteiger partial charge in [-0.1, -0.05) is 18.2 Å². The number of rotatable bonds is 5. The molecule has 3 rings (SSSR count). The van der Waals surface area contributed by atoms with Crippen LogP contribution in [0.2, 0.25) is 0 Å². The number of carboxylic acid groups (broad SMARTS) is 1. The van der Waals surface area contributed by atoms with Crippen molar-refractivity contribution in [3.8, 4) is 5.69 Å². The van der Waals surface area contributed by atoms with Crippen LogP contribution in [0.1, 0.15) is 36.3 Å². The summed E-state index contributed by atoms with van der Waals surface area (Å²) in [6.45, 7) is 0. The van der Waals surface area contributed by atoms with Gasteiger partial charge in [0.1, 0.15) is 6.33 Å². The minimum atomic E-state index is -0.914. The molecule has 1 fully saturated rings. The molecule has 0 bridgehead atoms. The summed E-state index contributed by atoms with van der Waals surface area (Å²) in [5.41, 5.74) is 0.152. The molecule has 114 valence electrons. The third kappa shape index (κ3) is 2.83. The summed E-state index contributed by atoms with van der Waals surface area (Å²) in [4.78, 5) is 27.2. The zero-order chi connectivity index (χ0) is 15.6. The normalized spacial score (nSPS) is 15.8. The molecular weight excluding hydrogens is 284 g/mol. The number of hydrogen-bond donors (Lipinski definition) is 2. The smallest absolute Gasteiger partial charge is 0.305 e. The topological polar surface area (TPSA) is 97.1 Å². The van der Waals surface area contributed by atoms with Crippen molar-refractivity contribution in [3.63, 3.8) is 0 Å². The second-order valence-corrected chi connectivity index (χ2v) is 5.51. The molecule has 1 aromatic heterocycles. The van der Waals surface area contributed by atoms with Crippen LogP contribution in [-0.4, -0.2) is 37.3 Å². The van der Waals surface area contributed by atoms with Crippen LogP contribution < -0.4 is 5.32 Å². The van der Waals surface area contributed by atoms with E-state index in [0.717, 1.165) is 12.1 Å². The van der Waals surface area contributed by atoms with Gasteiger partial charge in [0.25, 0.3) is 5.91 Å². The molecule has 0 radical (unpaired) electrons. The lowest BCUT2D eigenvalue weighted by Crippen LogP contribution is -2.54. The van der Waals surface area contributed by atoms with Crippen molar-refractivity contribution in [1.29, 1.82) is 0 Å². The van der Waals surface area contributed by atoms with Crippen molar-refractivity contribution in [2.45, 2.75) is 31.2 Å². The van der Waals surface area contributed by atoms with Gasteiger partial charge in [-0.05, 0) is 31.4 Å². The van der Waals surface area contributed by atoms with E-state index in [-0.39, 0.29) is 12.2 Å². The molecule has 1 amide bonds. The fourth-order valence-corrected chi connectivity index (χ4v) is 2.61. The highest BCUT2D eigenvalue weighted by atomic mass is 16.4. The number of nitrogens with one attached hydrogen (secondary N) is 1. The van der Waals surface area contributed by atoms with E-state index >= 15 is 0 Å². The van der Waals surface area contributed by atoms with E-state index in [2.05, 4.69) is 15.4 Å². The van der Waals surface area contributed by atoms with Gasteiger partial charge in [0.15, 0.2) is 0 Å². The number of hydrogen-bond acceptors (Lipinski definition) is 4. The van der Waals surface area contributed by atoms with Crippen LogP contribution >= 0.6 is 0 Å². The monoisotopic (exact) mass is 300 g/mol. The lowest BCUT2D eigenvalue weighted by molar-refractivity contribution is -0.139. The van der Waals surface area contributed by atoms with Gasteiger partial charge in [0.05, 0.1) is 17.6 Å². The molecule has 0 aliphatic heterocycles. The van der Waals surface area contributed by atoms with Gasteiger partial charge >= 0.3 is 5.97 Å². The molecule has 0 atom stereocenters. The number of nitrogens with zero attached hydrogens (tertiary/aromatic N) is 3. The second-order valence-electron chi connectivity index (χ2n) is 5.51. The van der Waals surface area contributed by atoms with Crippen molar-refractivity contribution < 1.29 is 14.7 Å². The van der Waals surface area contributed by atoms with E-state index in [1.807, 2.05) is 30.3 Å². The zero-order valence-electron chi connectivity index (χ0n) is 11.9. The molecule has 7 heteroatoms. The molecule has 0 spiro atoms. The van der Waals surface area contributed by atoms with Crippen LogP contribution in [0.15, 0.2) is 36.7 Å². The summed E-state index contributed by atoms with van der Waals surface area (Å²) in [6.07, 6.45) is 3.65. The number of para-hydroxylation sites is 1. The maximum absolute atomic E-state index is 12.2. The SMILES string of the molecule is O=C(O)CC1(NC(=O)c2ncn(-c3ccccc3)n2)CCC1. The first-order valence-electron chi connectivity index (χ1n) is 7.09. The number of carbonyl (C=O) groups is 2. The third-order valence-corrected chi connectivity index (χ3v) is 3.89. The van der Waals surface area contributed by atoms with Crippen molar-refractivity contribution >= 4 is 11.9 Å². The highest BCUT2D eigenvalue weighted by Gasteiger charge is 2.41. The summed E-state index contributed by atoms with van der Waals surface area (Å²) in [6, 6.07) is 9.34. The Morgan fingerprint density at radius 3 is 2.59 bits per heavy atom. The van der Waals surface area contributed by atoms with E-state index < -0.39 is 17.4 Å². The van der Waals surface area contributed by atoms with Crippen LogP contribution in [0, 0.1) is 0 Å². The van der Waals surface area contributed by atoms with Gasteiger partial charge in [0, 0.05) is 0 Å². The van der Waals surface area contributed by atoms with E-state index in [9.17, 15) is 9.59 Å². The van der Waals surface area contributed by atoms with E-state index in [1.54, 1.807) is 0 Å². The van der Waals surface area contributed by atoms with Gasteiger partial charge in [-0.15, -0.1) is 5.10 Å². The minimum absolute atomic E-state index is 0.0421. The highest BCUT2D eigenvalue weighted by Crippen LogP contribution is 2.35. The quantitative estimate of drug-likeness (QED) is 0.869. The van der Waals surface area contributed by atoms with Gasteiger partial charge < -0.3 is 10.4 Å². The minimum Gasteiger partial charge on any atom is -0.481 e. The molecule has 2 aromatic rings. The molecule has 22 heavy (non-hydrogen) atoms. The Morgan fingerprint density at radius 2 is 2.00 bits per heavy atom. The summed E-state index contributed by atoms with van der Waals surface area (Å²) < 4.78 is 1.51. The van der Waals surface area contributed by atoms with E-state index in [1.165, 1.54) is 11.0 Å². The Kier molecular flexibility index (Phi) is 3.62. The number of carbonyl (C=O) groups excluding carboxylic acids is 1. The van der Waals surface area contributed by atoms with Gasteiger partial charge in [0.2, 0.25) is 5.82 Å². The molecule has 1 aliphatic rings. The molecule has 1 aliphatic carbocycles. The maximum Gasteiger partial charge on any atom is 0.305 e. The first-order chi connectivity index (χ1) is 10.6. The third-order valence-electron chi connectivity index (χ3n) is 3.89. The lowest BCUT2D eigenvalue weighted by Gasteiger charge is -2.41. The number of aliphatic carboxylic acids is 1. The molecule has 7 nitrogen and oxygen atoms in total. The summed E-state index contributed by atoms with van der Waals surface area (Å²) >= 11 is 0. The van der Waals surface area contributed by atoms with Crippen LogP contribution in [0.3, 0.4) is 0 Å². The summed E-state index contributed by atoms with van der Waals surface area (Å²) in [5, 5.41) is 15.9. The number of aromatic nitrogens is 3. The fourth-order valence-electron chi connectivity index (χ4n) is 2.61. The van der Waals surface area contributed by atoms with Crippen molar-refractivity contribution in [1.82, 2.24) is 20.1 Å². The van der Waals surface area contributed by atoms with Crippen LogP contribution in [-0.2, 0) is 4.79 Å². The first-order valence-corrected chi connectivity index (χ1v) is 7.09. The van der Waals surface area contributed by atoms with Gasteiger partial charge in [-0.3, -0.25) is 9.59 Å². The number of benzene rings is 1. The standard InChI is InChI=1S/C15H16N4O3/c20-12(21)9-15(7-4-8-15)17-14(22)13-16-10-19(18-13)11-5-2-1-3-6-11/h1-3,5-6,10H,4,7-9H2,(H,17,22)(H,20,21). The molecule has 0 unspecified atom stereocenters. The Hall–Kier alpha value is -2.70. The predicted octanol–water partition coefficient (Wildman–Crippen LogP) is 1.39. The largest absolute Gasteiger partial charge is 0.481 e. The average molecular weight is 300 g/mol. The first kappa shape index (κ1) is 14.2. The highest BCUT2D eigenvalue weighted by molar-refractivity contribution is 5.91. The number of amides is 1. The lowest BCUT2D eigenvalue weighted by atomic mass is 9.74. The van der Waals surface area contributed by atoms with Crippen LogP contribution in [0.5, 0.6) is 0 Å². The van der Waals surface area contributed by atoms with Gasteiger partial charge in [-0.2, -0.15) is 0 Å². The predicted molar refractivity (Wildman–Crippen MR) is 77.7 cm³/mol. The average Bonchev–Trinajstić information content (AvgIpc) is 2.95.